The van der Waals surface area contributed by atoms with E-state index in [1.54, 1.807) is 13.2 Å². The van der Waals surface area contributed by atoms with Crippen molar-refractivity contribution < 1.29 is 9.53 Å². The Morgan fingerprint density at radius 3 is 2.94 bits per heavy atom. The fraction of sp³-hybridized carbons (Fsp3) is 0.545. The van der Waals surface area contributed by atoms with Crippen LogP contribution in [0.2, 0.25) is 0 Å². The molecular weight excluding hydrogens is 238 g/mol. The average molecular weight is 257 g/mol. The molecule has 0 fully saturated rings. The second kappa shape index (κ2) is 7.26. The number of likely N-dealkylation sites (N-methyl/N-ethyl adjacent to an activating group) is 1. The Kier molecular flexibility index (Phi) is 5.96. The minimum atomic E-state index is -0.0994. The van der Waals surface area contributed by atoms with Crippen molar-refractivity contribution in [3.8, 4) is 0 Å². The van der Waals surface area contributed by atoms with Gasteiger partial charge in [0.05, 0.1) is 12.3 Å². The fourth-order valence-electron chi connectivity index (χ4n) is 1.30. The molecule has 3 N–H and O–H groups in total. The third-order valence-corrected chi connectivity index (χ3v) is 3.29. The van der Waals surface area contributed by atoms with E-state index in [0.29, 0.717) is 23.7 Å². The van der Waals surface area contributed by atoms with Gasteiger partial charge in [-0.05, 0) is 18.5 Å². The summed E-state index contributed by atoms with van der Waals surface area (Å²) < 4.78 is 4.97. The van der Waals surface area contributed by atoms with Crippen LogP contribution >= 0.6 is 11.3 Å². The largest absolute Gasteiger partial charge is 0.397 e. The molecule has 17 heavy (non-hydrogen) atoms. The highest BCUT2D eigenvalue weighted by Crippen LogP contribution is 2.17. The maximum atomic E-state index is 11.7. The van der Waals surface area contributed by atoms with Crippen molar-refractivity contribution in [2.24, 2.45) is 0 Å². The van der Waals surface area contributed by atoms with Crippen molar-refractivity contribution in [2.75, 3.05) is 46.1 Å². The van der Waals surface area contributed by atoms with Gasteiger partial charge in [0.25, 0.3) is 5.91 Å². The number of methoxy groups -OCH3 is 1. The van der Waals surface area contributed by atoms with E-state index < -0.39 is 0 Å². The second-order valence-electron chi connectivity index (χ2n) is 3.76. The molecule has 0 bridgehead atoms. The van der Waals surface area contributed by atoms with Gasteiger partial charge in [0.15, 0.2) is 0 Å². The maximum absolute atomic E-state index is 11.7. The van der Waals surface area contributed by atoms with Crippen LogP contribution in [0.1, 0.15) is 9.67 Å². The number of rotatable bonds is 7. The number of nitrogens with two attached hydrogens (primary N) is 1. The summed E-state index contributed by atoms with van der Waals surface area (Å²) in [6.45, 7) is 2.95. The van der Waals surface area contributed by atoms with Crippen molar-refractivity contribution in [3.05, 3.63) is 16.3 Å². The van der Waals surface area contributed by atoms with Gasteiger partial charge in [-0.2, -0.15) is 0 Å². The Balaban J connectivity index is 2.23. The number of nitrogen functional groups attached to an aromatic ring is 1. The lowest BCUT2D eigenvalue weighted by molar-refractivity contribution is 0.0952. The predicted molar refractivity (Wildman–Crippen MR) is 70.4 cm³/mol. The van der Waals surface area contributed by atoms with Crippen LogP contribution < -0.4 is 11.1 Å². The summed E-state index contributed by atoms with van der Waals surface area (Å²) in [7, 11) is 3.67. The second-order valence-corrected chi connectivity index (χ2v) is 4.67. The zero-order valence-electron chi connectivity index (χ0n) is 10.2. The molecular formula is C11H19N3O2S. The summed E-state index contributed by atoms with van der Waals surface area (Å²) in [5.41, 5.74) is 6.20. The molecule has 5 nitrogen and oxygen atoms in total. The first kappa shape index (κ1) is 14.0. The summed E-state index contributed by atoms with van der Waals surface area (Å²) in [4.78, 5) is 14.4. The maximum Gasteiger partial charge on any atom is 0.263 e. The van der Waals surface area contributed by atoms with Crippen LogP contribution in [0.4, 0.5) is 5.69 Å². The number of nitrogens with one attached hydrogen (secondary N) is 1. The summed E-state index contributed by atoms with van der Waals surface area (Å²) >= 11 is 1.36. The average Bonchev–Trinajstić information content (AvgIpc) is 2.72. The Hall–Kier alpha value is -1.11. The van der Waals surface area contributed by atoms with E-state index in [0.717, 1.165) is 13.1 Å². The third kappa shape index (κ3) is 4.72. The summed E-state index contributed by atoms with van der Waals surface area (Å²) in [6, 6.07) is 1.74. The molecule has 0 aliphatic rings. The molecule has 0 saturated carbocycles. The lowest BCUT2D eigenvalue weighted by atomic mass is 10.4. The highest BCUT2D eigenvalue weighted by Gasteiger charge is 2.10. The van der Waals surface area contributed by atoms with E-state index in [9.17, 15) is 4.79 Å². The van der Waals surface area contributed by atoms with Crippen molar-refractivity contribution in [1.29, 1.82) is 0 Å². The van der Waals surface area contributed by atoms with Gasteiger partial charge in [0.1, 0.15) is 4.88 Å². The first-order valence-corrected chi connectivity index (χ1v) is 6.31. The van der Waals surface area contributed by atoms with Gasteiger partial charge in [0, 0.05) is 26.7 Å². The molecule has 0 aromatic carbocycles. The molecule has 0 aliphatic carbocycles. The molecule has 1 heterocycles. The van der Waals surface area contributed by atoms with Crippen LogP contribution in [-0.4, -0.2) is 51.2 Å². The van der Waals surface area contributed by atoms with Gasteiger partial charge >= 0.3 is 0 Å². The van der Waals surface area contributed by atoms with Crippen molar-refractivity contribution >= 4 is 22.9 Å². The highest BCUT2D eigenvalue weighted by molar-refractivity contribution is 7.12. The number of amides is 1. The fourth-order valence-corrected chi connectivity index (χ4v) is 2.04. The molecule has 1 amide bonds. The van der Waals surface area contributed by atoms with E-state index in [1.165, 1.54) is 11.3 Å². The molecule has 0 unspecified atom stereocenters. The minimum absolute atomic E-state index is 0.0994. The monoisotopic (exact) mass is 257 g/mol. The smallest absolute Gasteiger partial charge is 0.263 e. The first-order valence-electron chi connectivity index (χ1n) is 5.43. The molecule has 0 spiro atoms. The van der Waals surface area contributed by atoms with Gasteiger partial charge in [-0.1, -0.05) is 0 Å². The number of nitrogens with zero attached hydrogens (tertiary/aromatic N) is 1. The van der Waals surface area contributed by atoms with E-state index in [1.807, 2.05) is 12.4 Å². The van der Waals surface area contributed by atoms with E-state index in [4.69, 9.17) is 10.5 Å². The summed E-state index contributed by atoms with van der Waals surface area (Å²) in [5.74, 6) is -0.0994. The number of carbonyl (C=O) groups excluding carboxylic acids is 1. The van der Waals surface area contributed by atoms with Crippen LogP contribution in [0.15, 0.2) is 11.4 Å². The van der Waals surface area contributed by atoms with E-state index in [2.05, 4.69) is 10.2 Å². The summed E-state index contributed by atoms with van der Waals surface area (Å²) in [5, 5.41) is 4.66. The van der Waals surface area contributed by atoms with Gasteiger partial charge in [-0.15, -0.1) is 11.3 Å². The van der Waals surface area contributed by atoms with Crippen LogP contribution in [0.5, 0.6) is 0 Å². The predicted octanol–water partition coefficient (Wildman–Crippen LogP) is 0.638. The molecule has 6 heteroatoms. The normalized spacial score (nSPS) is 10.8. The molecule has 96 valence electrons. The topological polar surface area (TPSA) is 67.6 Å². The zero-order valence-corrected chi connectivity index (χ0v) is 11.0. The molecule has 0 atom stereocenters. The van der Waals surface area contributed by atoms with Crippen LogP contribution in [0.3, 0.4) is 0 Å². The summed E-state index contributed by atoms with van der Waals surface area (Å²) in [6.07, 6.45) is 0. The van der Waals surface area contributed by atoms with Gasteiger partial charge in [-0.3, -0.25) is 4.79 Å². The first-order chi connectivity index (χ1) is 8.15. The Morgan fingerprint density at radius 1 is 1.59 bits per heavy atom. The number of carbonyl (C=O) groups is 1. The molecule has 0 radical (unpaired) electrons. The third-order valence-electron chi connectivity index (χ3n) is 2.36. The van der Waals surface area contributed by atoms with Crippen LogP contribution in [-0.2, 0) is 4.74 Å². The van der Waals surface area contributed by atoms with Crippen molar-refractivity contribution in [3.63, 3.8) is 0 Å². The minimum Gasteiger partial charge on any atom is -0.397 e. The molecule has 0 saturated heterocycles. The van der Waals surface area contributed by atoms with Gasteiger partial charge in [-0.25, -0.2) is 0 Å². The van der Waals surface area contributed by atoms with Gasteiger partial charge < -0.3 is 20.7 Å². The molecule has 1 rings (SSSR count). The van der Waals surface area contributed by atoms with Crippen molar-refractivity contribution in [2.45, 2.75) is 0 Å². The van der Waals surface area contributed by atoms with E-state index in [-0.39, 0.29) is 5.91 Å². The molecule has 1 aromatic heterocycles. The number of thiophene rings is 1. The zero-order chi connectivity index (χ0) is 12.7. The Morgan fingerprint density at radius 2 is 2.35 bits per heavy atom. The van der Waals surface area contributed by atoms with Crippen LogP contribution in [0.25, 0.3) is 0 Å². The number of anilines is 1. The highest BCUT2D eigenvalue weighted by atomic mass is 32.1. The molecule has 0 aliphatic heterocycles. The quantitative estimate of drug-likeness (QED) is 0.752. The van der Waals surface area contributed by atoms with E-state index >= 15 is 0 Å². The number of hydrogen-bond donors (Lipinski definition) is 2. The SMILES string of the molecule is COCCN(C)CCNC(=O)c1sccc1N. The molecule has 1 aromatic rings. The van der Waals surface area contributed by atoms with Gasteiger partial charge in [0.2, 0.25) is 0 Å². The lowest BCUT2D eigenvalue weighted by Gasteiger charge is -2.15. The van der Waals surface area contributed by atoms with Crippen LogP contribution in [0, 0.1) is 0 Å². The Bertz CT molecular complexity index is 354. The standard InChI is InChI=1S/C11H19N3O2S/c1-14(6-7-16-2)5-4-13-11(15)10-9(12)3-8-17-10/h3,8H,4-7,12H2,1-2H3,(H,13,15). The Labute approximate surface area is 106 Å². The van der Waals surface area contributed by atoms with Crippen molar-refractivity contribution in [1.82, 2.24) is 10.2 Å². The number of hydrogen-bond acceptors (Lipinski definition) is 5. The lowest BCUT2D eigenvalue weighted by Crippen LogP contribution is -2.34. The number of ether oxygens (including phenoxy) is 1.